The van der Waals surface area contributed by atoms with Crippen LogP contribution in [-0.2, 0) is 4.79 Å². The van der Waals surface area contributed by atoms with Crippen molar-refractivity contribution in [1.82, 2.24) is 5.32 Å². The second-order valence-corrected chi connectivity index (χ2v) is 2.72. The summed E-state index contributed by atoms with van der Waals surface area (Å²) in [5.41, 5.74) is 5.03. The molecule has 0 heterocycles. The number of rotatable bonds is 4. The van der Waals surface area contributed by atoms with Crippen molar-refractivity contribution in [3.05, 3.63) is 0 Å². The van der Waals surface area contributed by atoms with Crippen LogP contribution in [0.25, 0.3) is 0 Å². The first-order valence-corrected chi connectivity index (χ1v) is 3.98. The average molecular weight is 148 g/mol. The molecule has 3 N–H and O–H groups in total. The molecule has 0 rings (SSSR count). The topological polar surface area (TPSA) is 55.1 Å². The maximum Gasteiger partial charge on any atom is 0.231 e. The van der Waals surface area contributed by atoms with E-state index in [9.17, 15) is 4.79 Å². The highest BCUT2D eigenvalue weighted by atomic mass is 32.2. The third kappa shape index (κ3) is 3.37. The van der Waals surface area contributed by atoms with Crippen LogP contribution in [0.15, 0.2) is 0 Å². The smallest absolute Gasteiger partial charge is 0.231 e. The Morgan fingerprint density at radius 2 is 2.44 bits per heavy atom. The van der Waals surface area contributed by atoms with Gasteiger partial charge in [-0.05, 0) is 13.3 Å². The molecule has 0 saturated carbocycles. The van der Waals surface area contributed by atoms with Crippen molar-refractivity contribution in [2.75, 3.05) is 19.8 Å². The molecule has 0 aromatic rings. The fourth-order valence-electron chi connectivity index (χ4n) is 0.485. The van der Waals surface area contributed by atoms with Crippen molar-refractivity contribution in [1.29, 1.82) is 0 Å². The summed E-state index contributed by atoms with van der Waals surface area (Å²) in [7, 11) is 1.80. The molecule has 0 bridgehead atoms. The summed E-state index contributed by atoms with van der Waals surface area (Å²) >= 11 is 1.47. The SMILES string of the molecule is CNCC(SC)C(N)=O. The maximum absolute atomic E-state index is 10.5. The Bertz CT molecular complexity index is 97.0. The summed E-state index contributed by atoms with van der Waals surface area (Å²) in [4.78, 5) is 10.5. The lowest BCUT2D eigenvalue weighted by Gasteiger charge is -2.07. The molecule has 0 aromatic heterocycles. The fourth-order valence-corrected chi connectivity index (χ4v) is 1.05. The van der Waals surface area contributed by atoms with Crippen molar-refractivity contribution in [2.24, 2.45) is 5.73 Å². The Morgan fingerprint density at radius 1 is 1.89 bits per heavy atom. The highest BCUT2D eigenvalue weighted by molar-refractivity contribution is 7.99. The van der Waals surface area contributed by atoms with Gasteiger partial charge in [-0.1, -0.05) is 0 Å². The van der Waals surface area contributed by atoms with Crippen LogP contribution in [-0.4, -0.2) is 31.0 Å². The Labute approximate surface area is 59.4 Å². The molecule has 0 aliphatic heterocycles. The second kappa shape index (κ2) is 4.64. The van der Waals surface area contributed by atoms with Gasteiger partial charge in [-0.25, -0.2) is 0 Å². The molecule has 0 spiro atoms. The minimum absolute atomic E-state index is 0.0880. The monoisotopic (exact) mass is 148 g/mol. The molecule has 1 amide bonds. The molecule has 0 aromatic carbocycles. The van der Waals surface area contributed by atoms with E-state index in [1.165, 1.54) is 11.8 Å². The first-order chi connectivity index (χ1) is 4.22. The van der Waals surface area contributed by atoms with E-state index in [2.05, 4.69) is 5.32 Å². The molecule has 0 aliphatic carbocycles. The minimum Gasteiger partial charge on any atom is -0.369 e. The third-order valence-electron chi connectivity index (χ3n) is 0.991. The molecule has 0 aliphatic rings. The van der Waals surface area contributed by atoms with Crippen molar-refractivity contribution < 1.29 is 4.79 Å². The molecule has 9 heavy (non-hydrogen) atoms. The minimum atomic E-state index is -0.253. The van der Waals surface area contributed by atoms with Gasteiger partial charge in [-0.3, -0.25) is 4.79 Å². The molecule has 0 saturated heterocycles. The zero-order valence-corrected chi connectivity index (χ0v) is 6.49. The van der Waals surface area contributed by atoms with Crippen LogP contribution in [0.3, 0.4) is 0 Å². The molecular weight excluding hydrogens is 136 g/mol. The van der Waals surface area contributed by atoms with Crippen molar-refractivity contribution in [3.63, 3.8) is 0 Å². The van der Waals surface area contributed by atoms with Crippen LogP contribution in [0.4, 0.5) is 0 Å². The van der Waals surface area contributed by atoms with Gasteiger partial charge in [-0.2, -0.15) is 11.8 Å². The van der Waals surface area contributed by atoms with Gasteiger partial charge in [0.25, 0.3) is 0 Å². The number of carbonyl (C=O) groups is 1. The van der Waals surface area contributed by atoms with Gasteiger partial charge < -0.3 is 11.1 Å². The lowest BCUT2D eigenvalue weighted by atomic mass is 10.4. The predicted molar refractivity (Wildman–Crippen MR) is 40.4 cm³/mol. The normalized spacial score (nSPS) is 13.1. The number of nitrogens with one attached hydrogen (secondary N) is 1. The lowest BCUT2D eigenvalue weighted by molar-refractivity contribution is -0.117. The van der Waals surface area contributed by atoms with Crippen molar-refractivity contribution in [2.45, 2.75) is 5.25 Å². The summed E-state index contributed by atoms with van der Waals surface area (Å²) in [5.74, 6) is -0.253. The van der Waals surface area contributed by atoms with Crippen molar-refractivity contribution >= 4 is 17.7 Å². The second-order valence-electron chi connectivity index (χ2n) is 1.68. The Kier molecular flexibility index (Phi) is 4.53. The van der Waals surface area contributed by atoms with Gasteiger partial charge >= 0.3 is 0 Å². The van der Waals surface area contributed by atoms with Gasteiger partial charge in [0.1, 0.15) is 0 Å². The molecule has 54 valence electrons. The maximum atomic E-state index is 10.5. The molecule has 0 fully saturated rings. The molecule has 0 radical (unpaired) electrons. The fraction of sp³-hybridized carbons (Fsp3) is 0.800. The molecule has 4 heteroatoms. The van der Waals surface area contributed by atoms with Crippen LogP contribution in [0, 0.1) is 0 Å². The summed E-state index contributed by atoms with van der Waals surface area (Å²) in [5, 5.41) is 2.79. The largest absolute Gasteiger partial charge is 0.369 e. The van der Waals surface area contributed by atoms with Gasteiger partial charge in [0.2, 0.25) is 5.91 Å². The van der Waals surface area contributed by atoms with E-state index in [1.54, 1.807) is 7.05 Å². The Hall–Kier alpha value is -0.220. The first-order valence-electron chi connectivity index (χ1n) is 2.69. The zero-order valence-electron chi connectivity index (χ0n) is 5.68. The van der Waals surface area contributed by atoms with Gasteiger partial charge in [0.15, 0.2) is 0 Å². The molecule has 1 atom stereocenters. The number of amides is 1. The average Bonchev–Trinajstić information content (AvgIpc) is 1.82. The van der Waals surface area contributed by atoms with Crippen LogP contribution in [0.5, 0.6) is 0 Å². The highest BCUT2D eigenvalue weighted by Crippen LogP contribution is 2.02. The standard InChI is InChI=1S/C5H12N2OS/c1-7-3-4(9-2)5(6)8/h4,7H,3H2,1-2H3,(H2,6,8). The first kappa shape index (κ1) is 8.78. The summed E-state index contributed by atoms with van der Waals surface area (Å²) < 4.78 is 0. The van der Waals surface area contributed by atoms with Crippen molar-refractivity contribution in [3.8, 4) is 0 Å². The highest BCUT2D eigenvalue weighted by Gasteiger charge is 2.10. The van der Waals surface area contributed by atoms with Gasteiger partial charge in [0, 0.05) is 6.54 Å². The van der Waals surface area contributed by atoms with Crippen LogP contribution in [0.2, 0.25) is 0 Å². The third-order valence-corrected chi connectivity index (χ3v) is 1.96. The zero-order chi connectivity index (χ0) is 7.28. The number of carbonyl (C=O) groups excluding carboxylic acids is 1. The van der Waals surface area contributed by atoms with Crippen LogP contribution < -0.4 is 11.1 Å². The van der Waals surface area contributed by atoms with Crippen LogP contribution in [0.1, 0.15) is 0 Å². The summed E-state index contributed by atoms with van der Waals surface area (Å²) in [6.07, 6.45) is 1.87. The van der Waals surface area contributed by atoms with Gasteiger partial charge in [0.05, 0.1) is 5.25 Å². The number of thioether (sulfide) groups is 1. The lowest BCUT2D eigenvalue weighted by Crippen LogP contribution is -2.33. The summed E-state index contributed by atoms with van der Waals surface area (Å²) in [6.45, 7) is 0.649. The van der Waals surface area contributed by atoms with E-state index in [4.69, 9.17) is 5.73 Å². The predicted octanol–water partition coefficient (Wildman–Crippen LogP) is -0.577. The van der Waals surface area contributed by atoms with Gasteiger partial charge in [-0.15, -0.1) is 0 Å². The molecule has 3 nitrogen and oxygen atoms in total. The van der Waals surface area contributed by atoms with E-state index < -0.39 is 0 Å². The molecular formula is C5H12N2OS. The number of primary amides is 1. The van der Waals surface area contributed by atoms with E-state index in [0.717, 1.165) is 0 Å². The van der Waals surface area contributed by atoms with E-state index in [-0.39, 0.29) is 11.2 Å². The Balaban J connectivity index is 3.54. The summed E-state index contributed by atoms with van der Waals surface area (Å²) in [6, 6.07) is 0. The molecule has 1 unspecified atom stereocenters. The number of hydrogen-bond acceptors (Lipinski definition) is 3. The van der Waals surface area contributed by atoms with E-state index >= 15 is 0 Å². The quantitative estimate of drug-likeness (QED) is 0.561. The Morgan fingerprint density at radius 3 is 2.56 bits per heavy atom. The van der Waals surface area contributed by atoms with E-state index in [0.29, 0.717) is 6.54 Å². The van der Waals surface area contributed by atoms with E-state index in [1.807, 2.05) is 6.26 Å². The number of nitrogens with two attached hydrogens (primary N) is 1. The van der Waals surface area contributed by atoms with Crippen LogP contribution >= 0.6 is 11.8 Å². The number of hydrogen-bond donors (Lipinski definition) is 2.